The van der Waals surface area contributed by atoms with Gasteiger partial charge in [-0.05, 0) is 51.2 Å². The smallest absolute Gasteiger partial charge is 0.231 e. The Bertz CT molecular complexity index is 462. The van der Waals surface area contributed by atoms with E-state index in [0.29, 0.717) is 13.1 Å². The van der Waals surface area contributed by atoms with Crippen LogP contribution in [0, 0.1) is 0 Å². The normalized spacial score (nSPS) is 10.5. The van der Waals surface area contributed by atoms with Gasteiger partial charge in [-0.3, -0.25) is 14.6 Å². The lowest BCUT2D eigenvalue weighted by atomic mass is 10.2. The number of pyridine rings is 1. The molecule has 6 heteroatoms. The van der Waals surface area contributed by atoms with E-state index in [0.717, 1.165) is 24.9 Å². The van der Waals surface area contributed by atoms with Crippen LogP contribution in [0.5, 0.6) is 0 Å². The van der Waals surface area contributed by atoms with Crippen molar-refractivity contribution in [3.63, 3.8) is 0 Å². The molecule has 6 nitrogen and oxygen atoms in total. The van der Waals surface area contributed by atoms with Gasteiger partial charge in [0, 0.05) is 32.5 Å². The molecule has 22 heavy (non-hydrogen) atoms. The van der Waals surface area contributed by atoms with Gasteiger partial charge in [0.15, 0.2) is 0 Å². The van der Waals surface area contributed by atoms with E-state index in [1.165, 1.54) is 0 Å². The predicted molar refractivity (Wildman–Crippen MR) is 86.4 cm³/mol. The molecule has 1 N–H and O–H groups in total. The van der Waals surface area contributed by atoms with E-state index in [9.17, 15) is 9.59 Å². The highest BCUT2D eigenvalue weighted by molar-refractivity contribution is 5.96. The van der Waals surface area contributed by atoms with Crippen molar-refractivity contribution in [1.29, 1.82) is 0 Å². The largest absolute Gasteiger partial charge is 0.356 e. The highest BCUT2D eigenvalue weighted by Crippen LogP contribution is 2.00. The summed E-state index contributed by atoms with van der Waals surface area (Å²) < 4.78 is 0. The number of hydrogen-bond acceptors (Lipinski definition) is 4. The summed E-state index contributed by atoms with van der Waals surface area (Å²) in [5.41, 5.74) is 1.13. The Morgan fingerprint density at radius 2 is 1.82 bits per heavy atom. The van der Waals surface area contributed by atoms with E-state index >= 15 is 0 Å². The van der Waals surface area contributed by atoms with Gasteiger partial charge in [-0.15, -0.1) is 0 Å². The van der Waals surface area contributed by atoms with Crippen LogP contribution in [0.3, 0.4) is 0 Å². The number of nitrogens with zero attached hydrogens (tertiary/aromatic N) is 3. The highest BCUT2D eigenvalue weighted by atomic mass is 16.2. The molecule has 0 spiro atoms. The third-order valence-corrected chi connectivity index (χ3v) is 3.33. The number of carbonyl (C=O) groups excluding carboxylic acids is 2. The highest BCUT2D eigenvalue weighted by Gasteiger charge is 2.13. The monoisotopic (exact) mass is 306 g/mol. The van der Waals surface area contributed by atoms with Crippen molar-refractivity contribution in [1.82, 2.24) is 20.1 Å². The van der Waals surface area contributed by atoms with E-state index in [-0.39, 0.29) is 18.2 Å². The minimum Gasteiger partial charge on any atom is -0.356 e. The van der Waals surface area contributed by atoms with Crippen LogP contribution in [0.1, 0.15) is 18.4 Å². The van der Waals surface area contributed by atoms with E-state index in [1.54, 1.807) is 24.3 Å². The van der Waals surface area contributed by atoms with E-state index < -0.39 is 0 Å². The standard InChI is InChI=1S/C16H26N4O2/c1-19(2)11-4-8-18-15(21)13-16(22)20(3)12-7-14-5-9-17-10-6-14/h5-6,9-10H,4,7-8,11-13H2,1-3H3,(H,18,21). The molecule has 122 valence electrons. The van der Waals surface area contributed by atoms with Gasteiger partial charge in [-0.25, -0.2) is 0 Å². The fraction of sp³-hybridized carbons (Fsp3) is 0.562. The predicted octanol–water partition coefficient (Wildman–Crippen LogP) is 0.541. The Morgan fingerprint density at radius 3 is 2.45 bits per heavy atom. The molecule has 0 aliphatic carbocycles. The first kappa shape index (κ1) is 18.1. The Hall–Kier alpha value is -1.95. The van der Waals surface area contributed by atoms with Crippen molar-refractivity contribution < 1.29 is 9.59 Å². The van der Waals surface area contributed by atoms with E-state index in [2.05, 4.69) is 15.2 Å². The first-order valence-electron chi connectivity index (χ1n) is 7.53. The minimum atomic E-state index is -0.209. The second-order valence-corrected chi connectivity index (χ2v) is 5.60. The fourth-order valence-electron chi connectivity index (χ4n) is 1.93. The van der Waals surface area contributed by atoms with Crippen LogP contribution in [-0.2, 0) is 16.0 Å². The molecule has 0 aliphatic rings. The van der Waals surface area contributed by atoms with Crippen LogP contribution in [-0.4, -0.2) is 67.4 Å². The number of hydrogen-bond donors (Lipinski definition) is 1. The molecular formula is C16H26N4O2. The maximum atomic E-state index is 12.0. The molecule has 2 amide bonds. The van der Waals surface area contributed by atoms with Crippen molar-refractivity contribution in [3.05, 3.63) is 30.1 Å². The zero-order valence-corrected chi connectivity index (χ0v) is 13.7. The lowest BCUT2D eigenvalue weighted by Gasteiger charge is -2.17. The fourth-order valence-corrected chi connectivity index (χ4v) is 1.93. The number of nitrogens with one attached hydrogen (secondary N) is 1. The zero-order chi connectivity index (χ0) is 16.4. The molecule has 1 aromatic rings. The van der Waals surface area contributed by atoms with Crippen molar-refractivity contribution in [2.45, 2.75) is 19.3 Å². The summed E-state index contributed by atoms with van der Waals surface area (Å²) in [5, 5.41) is 2.78. The van der Waals surface area contributed by atoms with Gasteiger partial charge in [-0.2, -0.15) is 0 Å². The molecular weight excluding hydrogens is 280 g/mol. The molecule has 0 radical (unpaired) electrons. The Balaban J connectivity index is 2.21. The van der Waals surface area contributed by atoms with Crippen LogP contribution >= 0.6 is 0 Å². The van der Waals surface area contributed by atoms with Gasteiger partial charge in [-0.1, -0.05) is 0 Å². The van der Waals surface area contributed by atoms with Crippen molar-refractivity contribution in [2.24, 2.45) is 0 Å². The average Bonchev–Trinajstić information content (AvgIpc) is 2.50. The summed E-state index contributed by atoms with van der Waals surface area (Å²) in [5.74, 6) is -0.362. The van der Waals surface area contributed by atoms with Gasteiger partial charge < -0.3 is 15.1 Å². The number of amides is 2. The molecule has 0 saturated heterocycles. The third kappa shape index (κ3) is 7.73. The summed E-state index contributed by atoms with van der Waals surface area (Å²) in [4.78, 5) is 31.3. The third-order valence-electron chi connectivity index (χ3n) is 3.33. The van der Waals surface area contributed by atoms with Crippen molar-refractivity contribution in [2.75, 3.05) is 40.8 Å². The first-order chi connectivity index (χ1) is 10.5. The Kier molecular flexibility index (Phi) is 8.14. The molecule has 1 heterocycles. The first-order valence-corrected chi connectivity index (χ1v) is 7.53. The second-order valence-electron chi connectivity index (χ2n) is 5.60. The molecule has 0 aromatic carbocycles. The van der Waals surface area contributed by atoms with Crippen LogP contribution < -0.4 is 5.32 Å². The SMILES string of the molecule is CN(C)CCCNC(=O)CC(=O)N(C)CCc1ccncc1. The van der Waals surface area contributed by atoms with Crippen LogP contribution in [0.15, 0.2) is 24.5 Å². The number of carbonyl (C=O) groups is 2. The molecule has 0 aliphatic heterocycles. The number of likely N-dealkylation sites (N-methyl/N-ethyl adjacent to an activating group) is 1. The molecule has 1 aromatic heterocycles. The van der Waals surface area contributed by atoms with Crippen molar-refractivity contribution >= 4 is 11.8 Å². The van der Waals surface area contributed by atoms with Crippen molar-refractivity contribution in [3.8, 4) is 0 Å². The number of rotatable bonds is 9. The van der Waals surface area contributed by atoms with Gasteiger partial charge in [0.05, 0.1) is 0 Å². The summed E-state index contributed by atoms with van der Waals surface area (Å²) in [6.45, 7) is 2.11. The lowest BCUT2D eigenvalue weighted by molar-refractivity contribution is -0.135. The summed E-state index contributed by atoms with van der Waals surface area (Å²) in [6, 6.07) is 3.85. The lowest BCUT2D eigenvalue weighted by Crippen LogP contribution is -2.35. The maximum absolute atomic E-state index is 12.0. The van der Waals surface area contributed by atoms with E-state index in [1.807, 2.05) is 26.2 Å². The molecule has 1 rings (SSSR count). The molecule has 0 saturated carbocycles. The summed E-state index contributed by atoms with van der Waals surface area (Å²) in [6.07, 6.45) is 5.02. The molecule has 0 unspecified atom stereocenters. The average molecular weight is 306 g/mol. The van der Waals surface area contributed by atoms with Crippen LogP contribution in [0.2, 0.25) is 0 Å². The molecule has 0 fully saturated rings. The zero-order valence-electron chi connectivity index (χ0n) is 13.7. The Labute approximate surface area is 132 Å². The van der Waals surface area contributed by atoms with Crippen LogP contribution in [0.25, 0.3) is 0 Å². The molecule has 0 atom stereocenters. The van der Waals surface area contributed by atoms with Gasteiger partial charge >= 0.3 is 0 Å². The van der Waals surface area contributed by atoms with Gasteiger partial charge in [0.25, 0.3) is 0 Å². The van der Waals surface area contributed by atoms with Gasteiger partial charge in [0.2, 0.25) is 11.8 Å². The second kappa shape index (κ2) is 9.89. The maximum Gasteiger partial charge on any atom is 0.231 e. The summed E-state index contributed by atoms with van der Waals surface area (Å²) >= 11 is 0. The van der Waals surface area contributed by atoms with Gasteiger partial charge in [0.1, 0.15) is 6.42 Å². The summed E-state index contributed by atoms with van der Waals surface area (Å²) in [7, 11) is 5.70. The topological polar surface area (TPSA) is 65.5 Å². The minimum absolute atomic E-state index is 0.0885. The Morgan fingerprint density at radius 1 is 1.14 bits per heavy atom. The molecule has 0 bridgehead atoms. The van der Waals surface area contributed by atoms with E-state index in [4.69, 9.17) is 0 Å². The number of aromatic nitrogens is 1. The quantitative estimate of drug-likeness (QED) is 0.534. The van der Waals surface area contributed by atoms with Crippen LogP contribution in [0.4, 0.5) is 0 Å².